The van der Waals surface area contributed by atoms with Crippen molar-refractivity contribution in [1.29, 1.82) is 0 Å². The molecular weight excluding hydrogens is 144 g/mol. The van der Waals surface area contributed by atoms with E-state index < -0.39 is 5.60 Å². The maximum Gasteiger partial charge on any atom is 0.121 e. The molecular formula is C8H14O3. The lowest BCUT2D eigenvalue weighted by molar-refractivity contribution is -0.119. The Bertz CT molecular complexity index is 194. The molecule has 2 rings (SSSR count). The monoisotopic (exact) mass is 158 g/mol. The fraction of sp³-hybridized carbons (Fsp3) is 1.00. The van der Waals surface area contributed by atoms with Crippen molar-refractivity contribution in [1.82, 2.24) is 0 Å². The summed E-state index contributed by atoms with van der Waals surface area (Å²) in [5, 5.41) is 9.05. The van der Waals surface area contributed by atoms with E-state index in [-0.39, 0.29) is 24.4 Å². The van der Waals surface area contributed by atoms with E-state index in [2.05, 4.69) is 0 Å². The molecule has 3 nitrogen and oxygen atoms in total. The molecule has 0 aromatic carbocycles. The number of ether oxygens (including phenoxy) is 2. The molecule has 0 saturated carbocycles. The van der Waals surface area contributed by atoms with Gasteiger partial charge in [0.2, 0.25) is 0 Å². The normalized spacial score (nSPS) is 61.1. The minimum Gasteiger partial charge on any atom is -0.393 e. The summed E-state index contributed by atoms with van der Waals surface area (Å²) in [7, 11) is 0. The van der Waals surface area contributed by atoms with E-state index in [4.69, 9.17) is 14.6 Å². The van der Waals surface area contributed by atoms with Crippen molar-refractivity contribution in [3.63, 3.8) is 0 Å². The van der Waals surface area contributed by atoms with E-state index in [0.29, 0.717) is 0 Å². The molecule has 0 amide bonds. The van der Waals surface area contributed by atoms with Gasteiger partial charge in [-0.05, 0) is 20.8 Å². The zero-order chi connectivity index (χ0) is 8.28. The Morgan fingerprint density at radius 3 is 2.18 bits per heavy atom. The Balaban J connectivity index is 2.22. The molecule has 0 aromatic heterocycles. The van der Waals surface area contributed by atoms with Crippen molar-refractivity contribution in [3.05, 3.63) is 0 Å². The second-order valence-electron chi connectivity index (χ2n) is 3.91. The van der Waals surface area contributed by atoms with E-state index in [1.807, 2.05) is 20.8 Å². The SMILES string of the molecule is C[C@H]1O[C@@](C)(CO)[C@H]2O[C@@]12C. The van der Waals surface area contributed by atoms with Gasteiger partial charge in [-0.2, -0.15) is 0 Å². The summed E-state index contributed by atoms with van der Waals surface area (Å²) in [5.74, 6) is 0. The topological polar surface area (TPSA) is 42.0 Å². The van der Waals surface area contributed by atoms with Gasteiger partial charge in [0, 0.05) is 0 Å². The van der Waals surface area contributed by atoms with Crippen LogP contribution in [-0.4, -0.2) is 35.1 Å². The number of fused-ring (bicyclic) bond motifs is 1. The molecule has 1 N–H and O–H groups in total. The Hall–Kier alpha value is -0.120. The molecule has 0 aliphatic carbocycles. The fourth-order valence-electron chi connectivity index (χ4n) is 1.96. The van der Waals surface area contributed by atoms with Crippen molar-refractivity contribution in [3.8, 4) is 0 Å². The molecule has 0 aromatic rings. The Labute approximate surface area is 66.3 Å². The highest BCUT2D eigenvalue weighted by Crippen LogP contribution is 2.54. The van der Waals surface area contributed by atoms with Crippen molar-refractivity contribution < 1.29 is 14.6 Å². The maximum absolute atomic E-state index is 9.05. The van der Waals surface area contributed by atoms with Gasteiger partial charge in [-0.25, -0.2) is 0 Å². The molecule has 64 valence electrons. The molecule has 4 atom stereocenters. The van der Waals surface area contributed by atoms with E-state index in [1.165, 1.54) is 0 Å². The molecule has 0 unspecified atom stereocenters. The Morgan fingerprint density at radius 2 is 2.00 bits per heavy atom. The lowest BCUT2D eigenvalue weighted by Crippen LogP contribution is -2.36. The number of aliphatic hydroxyl groups is 1. The first kappa shape index (κ1) is 7.53. The minimum atomic E-state index is -0.464. The predicted octanol–water partition coefficient (Wildman–Crippen LogP) is 0.314. The van der Waals surface area contributed by atoms with E-state index in [1.54, 1.807) is 0 Å². The number of aliphatic hydroxyl groups excluding tert-OH is 1. The average molecular weight is 158 g/mol. The third-order valence-electron chi connectivity index (χ3n) is 2.96. The van der Waals surface area contributed by atoms with Gasteiger partial charge in [0.15, 0.2) is 0 Å². The van der Waals surface area contributed by atoms with Crippen molar-refractivity contribution in [2.75, 3.05) is 6.61 Å². The summed E-state index contributed by atoms with van der Waals surface area (Å²) >= 11 is 0. The second kappa shape index (κ2) is 1.79. The second-order valence-corrected chi connectivity index (χ2v) is 3.91. The van der Waals surface area contributed by atoms with Crippen LogP contribution in [0, 0.1) is 0 Å². The van der Waals surface area contributed by atoms with E-state index >= 15 is 0 Å². The van der Waals surface area contributed by atoms with E-state index in [9.17, 15) is 0 Å². The molecule has 2 fully saturated rings. The first-order valence-corrected chi connectivity index (χ1v) is 3.99. The Morgan fingerprint density at radius 1 is 1.36 bits per heavy atom. The summed E-state index contributed by atoms with van der Waals surface area (Å²) in [5.41, 5.74) is -0.592. The van der Waals surface area contributed by atoms with Gasteiger partial charge in [0.25, 0.3) is 0 Å². The lowest BCUT2D eigenvalue weighted by atomic mass is 9.96. The highest BCUT2D eigenvalue weighted by molar-refractivity contribution is 5.17. The zero-order valence-corrected chi connectivity index (χ0v) is 7.13. The van der Waals surface area contributed by atoms with Crippen molar-refractivity contribution >= 4 is 0 Å². The fourth-order valence-corrected chi connectivity index (χ4v) is 1.96. The van der Waals surface area contributed by atoms with Crippen LogP contribution < -0.4 is 0 Å². The lowest BCUT2D eigenvalue weighted by Gasteiger charge is -2.24. The van der Waals surface area contributed by atoms with Crippen LogP contribution in [0.5, 0.6) is 0 Å². The summed E-state index contributed by atoms with van der Waals surface area (Å²) < 4.78 is 11.1. The quantitative estimate of drug-likeness (QED) is 0.558. The van der Waals surface area contributed by atoms with Crippen LogP contribution in [0.2, 0.25) is 0 Å². The van der Waals surface area contributed by atoms with Gasteiger partial charge < -0.3 is 14.6 Å². The first-order chi connectivity index (χ1) is 5.03. The smallest absolute Gasteiger partial charge is 0.121 e. The van der Waals surface area contributed by atoms with Crippen LogP contribution in [0.25, 0.3) is 0 Å². The molecule has 2 saturated heterocycles. The van der Waals surface area contributed by atoms with Crippen LogP contribution in [-0.2, 0) is 9.47 Å². The van der Waals surface area contributed by atoms with Crippen molar-refractivity contribution in [2.45, 2.75) is 44.2 Å². The van der Waals surface area contributed by atoms with Gasteiger partial charge in [-0.3, -0.25) is 0 Å². The highest BCUT2D eigenvalue weighted by Gasteiger charge is 2.71. The molecule has 2 aliphatic rings. The minimum absolute atomic E-state index is 0.0393. The number of epoxide rings is 1. The van der Waals surface area contributed by atoms with Crippen molar-refractivity contribution in [2.24, 2.45) is 0 Å². The van der Waals surface area contributed by atoms with Gasteiger partial charge in [-0.1, -0.05) is 0 Å². The molecule has 0 bridgehead atoms. The average Bonchev–Trinajstić information content (AvgIpc) is 2.59. The molecule has 11 heavy (non-hydrogen) atoms. The summed E-state index contributed by atoms with van der Waals surface area (Å²) in [6.07, 6.45) is 0.194. The van der Waals surface area contributed by atoms with Crippen LogP contribution >= 0.6 is 0 Å². The Kier molecular flexibility index (Phi) is 1.22. The van der Waals surface area contributed by atoms with Crippen LogP contribution in [0.15, 0.2) is 0 Å². The van der Waals surface area contributed by atoms with Gasteiger partial charge in [-0.15, -0.1) is 0 Å². The van der Waals surface area contributed by atoms with Gasteiger partial charge in [0.05, 0.1) is 12.7 Å². The van der Waals surface area contributed by atoms with Crippen LogP contribution in [0.3, 0.4) is 0 Å². The largest absolute Gasteiger partial charge is 0.393 e. The third-order valence-corrected chi connectivity index (χ3v) is 2.96. The maximum atomic E-state index is 9.05. The van der Waals surface area contributed by atoms with Crippen LogP contribution in [0.4, 0.5) is 0 Å². The summed E-state index contributed by atoms with van der Waals surface area (Å²) in [4.78, 5) is 0. The first-order valence-electron chi connectivity index (χ1n) is 3.99. The molecule has 0 spiro atoms. The summed E-state index contributed by atoms with van der Waals surface area (Å²) in [6, 6.07) is 0. The molecule has 2 aliphatic heterocycles. The molecule has 3 heteroatoms. The number of hydrogen-bond acceptors (Lipinski definition) is 3. The predicted molar refractivity (Wildman–Crippen MR) is 39.3 cm³/mol. The van der Waals surface area contributed by atoms with E-state index in [0.717, 1.165) is 0 Å². The molecule has 0 radical (unpaired) electrons. The molecule has 2 heterocycles. The number of rotatable bonds is 1. The highest BCUT2D eigenvalue weighted by atomic mass is 16.7. The van der Waals surface area contributed by atoms with Gasteiger partial charge >= 0.3 is 0 Å². The standard InChI is InChI=1S/C8H14O3/c1-5-8(3)6(11-8)7(2,4-9)10-5/h5-6,9H,4H2,1-3H3/t5-,6-,7+,8+/m1/s1. The zero-order valence-electron chi connectivity index (χ0n) is 7.13. The summed E-state index contributed by atoms with van der Waals surface area (Å²) in [6.45, 7) is 5.95. The van der Waals surface area contributed by atoms with Crippen LogP contribution in [0.1, 0.15) is 20.8 Å². The third kappa shape index (κ3) is 0.736. The van der Waals surface area contributed by atoms with Gasteiger partial charge in [0.1, 0.15) is 17.3 Å². The number of hydrogen-bond donors (Lipinski definition) is 1.